The van der Waals surface area contributed by atoms with Crippen LogP contribution in [0.25, 0.3) is 17.8 Å². The molecule has 2 fully saturated rings. The summed E-state index contributed by atoms with van der Waals surface area (Å²) >= 11 is 0. The van der Waals surface area contributed by atoms with Crippen LogP contribution in [0.2, 0.25) is 0 Å². The summed E-state index contributed by atoms with van der Waals surface area (Å²) in [6, 6.07) is 18.1. The van der Waals surface area contributed by atoms with E-state index >= 15 is 0 Å². The third kappa shape index (κ3) is 6.53. The number of hydrogen-bond acceptors (Lipinski definition) is 5. The summed E-state index contributed by atoms with van der Waals surface area (Å²) < 4.78 is 12.7. The Morgan fingerprint density at radius 3 is 2.25 bits per heavy atom. The Labute approximate surface area is 236 Å². The summed E-state index contributed by atoms with van der Waals surface area (Å²) in [4.78, 5) is 29.1. The number of carbonyl (C=O) groups is 2. The molecular formula is C33H39N3O4. The zero-order valence-electron chi connectivity index (χ0n) is 23.5. The standard InChI is InChI=1S/C33H39N3O4/c1-3-40-33(38)30-23-35(28-17-13-26(14-18-28)12-11-25-7-5-4-6-8-25)34-31(30)36(29-19-21-39-22-20-29)32(37)27-15-9-24(2)10-16-27/h4-8,11-14,17-18,23-24,27,29H,3,9-10,15-16,19-22H2,1-2H3/t24-,27-. The number of carbonyl (C=O) groups excluding carboxylic acids is 2. The highest BCUT2D eigenvalue weighted by Gasteiger charge is 2.37. The minimum atomic E-state index is -0.465. The molecule has 5 rings (SSSR count). The summed E-state index contributed by atoms with van der Waals surface area (Å²) in [5.41, 5.74) is 3.31. The Kier molecular flexibility index (Phi) is 9.12. The highest BCUT2D eigenvalue weighted by Crippen LogP contribution is 2.34. The van der Waals surface area contributed by atoms with Crippen molar-refractivity contribution in [2.45, 2.75) is 58.4 Å². The monoisotopic (exact) mass is 541 g/mol. The van der Waals surface area contributed by atoms with Crippen molar-refractivity contribution in [3.63, 3.8) is 0 Å². The molecule has 1 saturated heterocycles. The summed E-state index contributed by atoms with van der Waals surface area (Å²) in [5.74, 6) is 0.571. The van der Waals surface area contributed by atoms with Crippen molar-refractivity contribution in [3.05, 3.63) is 77.5 Å². The number of anilines is 1. The molecule has 0 radical (unpaired) electrons. The SMILES string of the molecule is CCOC(=O)c1cn(-c2ccc(C=Cc3ccccc3)cc2)nc1N(C(=O)[C@H]1CC[C@H](C)CC1)C1CCOCC1. The third-order valence-electron chi connectivity index (χ3n) is 8.00. The average Bonchev–Trinajstić information content (AvgIpc) is 3.43. The Bertz CT molecular complexity index is 1300. The van der Waals surface area contributed by atoms with Gasteiger partial charge in [-0.15, -0.1) is 5.10 Å². The molecule has 7 nitrogen and oxygen atoms in total. The van der Waals surface area contributed by atoms with E-state index in [2.05, 4.69) is 31.2 Å². The van der Waals surface area contributed by atoms with Crippen molar-refractivity contribution in [2.24, 2.45) is 11.8 Å². The van der Waals surface area contributed by atoms with E-state index < -0.39 is 5.97 Å². The van der Waals surface area contributed by atoms with Gasteiger partial charge in [-0.05, 0) is 74.6 Å². The minimum absolute atomic E-state index is 0.0603. The first-order valence-electron chi connectivity index (χ1n) is 14.5. The van der Waals surface area contributed by atoms with Crippen molar-refractivity contribution in [2.75, 3.05) is 24.7 Å². The first-order valence-corrected chi connectivity index (χ1v) is 14.5. The molecule has 2 aromatic carbocycles. The van der Waals surface area contributed by atoms with Gasteiger partial charge in [0.15, 0.2) is 5.82 Å². The van der Waals surface area contributed by atoms with E-state index in [1.807, 2.05) is 47.4 Å². The van der Waals surface area contributed by atoms with E-state index in [1.54, 1.807) is 17.8 Å². The van der Waals surface area contributed by atoms with E-state index in [0.717, 1.165) is 42.5 Å². The van der Waals surface area contributed by atoms with Gasteiger partial charge in [-0.3, -0.25) is 9.69 Å². The maximum atomic E-state index is 14.1. The highest BCUT2D eigenvalue weighted by molar-refractivity contribution is 6.02. The van der Waals surface area contributed by atoms with Crippen LogP contribution in [0.5, 0.6) is 0 Å². The van der Waals surface area contributed by atoms with Gasteiger partial charge in [0.2, 0.25) is 5.91 Å². The van der Waals surface area contributed by atoms with Gasteiger partial charge in [-0.25, -0.2) is 9.48 Å². The molecule has 2 heterocycles. The van der Waals surface area contributed by atoms with Gasteiger partial charge < -0.3 is 9.47 Å². The normalized spacial score (nSPS) is 19.9. The lowest BCUT2D eigenvalue weighted by molar-refractivity contribution is -0.124. The molecule has 0 bridgehead atoms. The second-order valence-corrected chi connectivity index (χ2v) is 10.9. The maximum Gasteiger partial charge on any atom is 0.343 e. The lowest BCUT2D eigenvalue weighted by Gasteiger charge is -2.37. The third-order valence-corrected chi connectivity index (χ3v) is 8.00. The fourth-order valence-electron chi connectivity index (χ4n) is 5.63. The van der Waals surface area contributed by atoms with Crippen LogP contribution in [0, 0.1) is 11.8 Å². The highest BCUT2D eigenvalue weighted by atomic mass is 16.5. The number of aromatic nitrogens is 2. The number of amides is 1. The van der Waals surface area contributed by atoms with E-state index in [-0.39, 0.29) is 24.5 Å². The van der Waals surface area contributed by atoms with Gasteiger partial charge in [0, 0.05) is 31.4 Å². The summed E-state index contributed by atoms with van der Waals surface area (Å²) in [6.07, 6.45) is 11.1. The van der Waals surface area contributed by atoms with Crippen LogP contribution >= 0.6 is 0 Å². The van der Waals surface area contributed by atoms with Crippen LogP contribution in [0.4, 0.5) is 5.82 Å². The van der Waals surface area contributed by atoms with Gasteiger partial charge in [0.05, 0.1) is 12.3 Å². The van der Waals surface area contributed by atoms with Crippen LogP contribution in [-0.2, 0) is 14.3 Å². The molecule has 1 amide bonds. The van der Waals surface area contributed by atoms with Crippen LogP contribution in [-0.4, -0.2) is 47.5 Å². The van der Waals surface area contributed by atoms with E-state index in [4.69, 9.17) is 14.6 Å². The largest absolute Gasteiger partial charge is 0.462 e. The molecule has 1 aromatic heterocycles. The maximum absolute atomic E-state index is 14.1. The topological polar surface area (TPSA) is 73.7 Å². The molecule has 210 valence electrons. The number of benzene rings is 2. The number of ether oxygens (including phenoxy) is 2. The van der Waals surface area contributed by atoms with Gasteiger partial charge >= 0.3 is 5.97 Å². The lowest BCUT2D eigenvalue weighted by atomic mass is 9.82. The second-order valence-electron chi connectivity index (χ2n) is 10.9. The molecule has 40 heavy (non-hydrogen) atoms. The Hall–Kier alpha value is -3.71. The summed E-state index contributed by atoms with van der Waals surface area (Å²) in [5, 5.41) is 4.88. The van der Waals surface area contributed by atoms with Crippen molar-refractivity contribution >= 4 is 29.8 Å². The number of hydrogen-bond donors (Lipinski definition) is 0. The van der Waals surface area contributed by atoms with Gasteiger partial charge in [0.25, 0.3) is 0 Å². The van der Waals surface area contributed by atoms with Crippen LogP contribution in [0.3, 0.4) is 0 Å². The molecule has 0 atom stereocenters. The molecule has 0 unspecified atom stereocenters. The van der Waals surface area contributed by atoms with Crippen LogP contribution in [0.15, 0.2) is 60.8 Å². The molecule has 3 aromatic rings. The van der Waals surface area contributed by atoms with E-state index in [0.29, 0.717) is 43.4 Å². The summed E-state index contributed by atoms with van der Waals surface area (Å²) in [6.45, 7) is 5.46. The average molecular weight is 542 g/mol. The second kappa shape index (κ2) is 13.1. The van der Waals surface area contributed by atoms with E-state index in [9.17, 15) is 9.59 Å². The Balaban J connectivity index is 1.47. The fraction of sp³-hybridized carbons (Fsp3) is 0.424. The predicted octanol–water partition coefficient (Wildman–Crippen LogP) is 6.56. The smallest absolute Gasteiger partial charge is 0.343 e. The molecule has 0 N–H and O–H groups in total. The van der Waals surface area contributed by atoms with E-state index in [1.165, 1.54) is 0 Å². The van der Waals surface area contributed by atoms with Gasteiger partial charge in [-0.1, -0.05) is 61.5 Å². The van der Waals surface area contributed by atoms with Crippen LogP contribution < -0.4 is 4.90 Å². The number of esters is 1. The molecule has 1 aliphatic heterocycles. The Morgan fingerprint density at radius 1 is 0.950 bits per heavy atom. The molecule has 7 heteroatoms. The van der Waals surface area contributed by atoms with Gasteiger partial charge in [-0.2, -0.15) is 0 Å². The first-order chi connectivity index (χ1) is 19.5. The number of nitrogens with zero attached hydrogens (tertiary/aromatic N) is 3. The lowest BCUT2D eigenvalue weighted by Crippen LogP contribution is -2.47. The quantitative estimate of drug-likeness (QED) is 0.239. The number of rotatable bonds is 8. The molecule has 1 aliphatic carbocycles. The molecule has 2 aliphatic rings. The van der Waals surface area contributed by atoms with Gasteiger partial charge in [0.1, 0.15) is 5.56 Å². The zero-order valence-corrected chi connectivity index (χ0v) is 23.5. The summed E-state index contributed by atoms with van der Waals surface area (Å²) in [7, 11) is 0. The first kappa shape index (κ1) is 27.8. The predicted molar refractivity (Wildman–Crippen MR) is 157 cm³/mol. The van der Waals surface area contributed by atoms with Crippen molar-refractivity contribution in [1.82, 2.24) is 9.78 Å². The molecule has 1 saturated carbocycles. The molecular weight excluding hydrogens is 502 g/mol. The zero-order chi connectivity index (χ0) is 27.9. The minimum Gasteiger partial charge on any atom is -0.462 e. The van der Waals surface area contributed by atoms with Crippen molar-refractivity contribution in [3.8, 4) is 5.69 Å². The molecule has 0 spiro atoms. The van der Waals surface area contributed by atoms with Crippen molar-refractivity contribution in [1.29, 1.82) is 0 Å². The van der Waals surface area contributed by atoms with Crippen LogP contribution in [0.1, 0.15) is 73.9 Å². The van der Waals surface area contributed by atoms with Crippen molar-refractivity contribution < 1.29 is 19.1 Å². The fourth-order valence-corrected chi connectivity index (χ4v) is 5.63. The Morgan fingerprint density at radius 2 is 1.60 bits per heavy atom.